The predicted octanol–water partition coefficient (Wildman–Crippen LogP) is 2.45. The van der Waals surface area contributed by atoms with E-state index in [1.165, 1.54) is 36.3 Å². The molecule has 0 radical (unpaired) electrons. The van der Waals surface area contributed by atoms with Gasteiger partial charge in [-0.2, -0.15) is 0 Å². The number of rotatable bonds is 1. The zero-order valence-electron chi connectivity index (χ0n) is 11.4. The van der Waals surface area contributed by atoms with Gasteiger partial charge in [0.15, 0.2) is 0 Å². The van der Waals surface area contributed by atoms with Gasteiger partial charge in [-0.3, -0.25) is 0 Å². The first-order chi connectivity index (χ1) is 9.33. The molecule has 98 valence electrons. The maximum atomic E-state index is 4.72. The van der Waals surface area contributed by atoms with Gasteiger partial charge in [-0.05, 0) is 43.4 Å². The molecule has 1 aromatic heterocycles. The van der Waals surface area contributed by atoms with Gasteiger partial charge in [-0.15, -0.1) is 0 Å². The zero-order valence-corrected chi connectivity index (χ0v) is 11.4. The van der Waals surface area contributed by atoms with Crippen LogP contribution in [0.15, 0.2) is 18.2 Å². The smallest absolute Gasteiger partial charge is 0.123 e. The SMILES string of the molecule is Cc1nc2n(c1-c1ccc3c(c1)CCC3)CCNC2. The first-order valence-corrected chi connectivity index (χ1v) is 7.22. The van der Waals surface area contributed by atoms with Crippen LogP contribution in [-0.4, -0.2) is 16.1 Å². The lowest BCUT2D eigenvalue weighted by Crippen LogP contribution is -2.28. The monoisotopic (exact) mass is 253 g/mol. The fourth-order valence-electron chi connectivity index (χ4n) is 3.48. The summed E-state index contributed by atoms with van der Waals surface area (Å²) in [6.45, 7) is 5.10. The summed E-state index contributed by atoms with van der Waals surface area (Å²) in [5.74, 6) is 1.18. The number of nitrogens with one attached hydrogen (secondary N) is 1. The number of hydrogen-bond acceptors (Lipinski definition) is 2. The number of nitrogens with zero attached hydrogens (tertiary/aromatic N) is 2. The standard InChI is InChI=1S/C16H19N3/c1-11-16(19-8-7-17-10-15(19)18-11)14-6-5-12-3-2-4-13(12)9-14/h5-6,9,17H,2-4,7-8,10H2,1H3. The molecule has 0 amide bonds. The summed E-state index contributed by atoms with van der Waals surface area (Å²) in [5, 5.41) is 3.39. The van der Waals surface area contributed by atoms with Crippen LogP contribution in [0.1, 0.15) is 29.1 Å². The van der Waals surface area contributed by atoms with Crippen LogP contribution in [0.4, 0.5) is 0 Å². The number of imidazole rings is 1. The molecule has 1 aromatic carbocycles. The first-order valence-electron chi connectivity index (χ1n) is 7.22. The van der Waals surface area contributed by atoms with Crippen molar-refractivity contribution in [2.75, 3.05) is 6.54 Å². The molecule has 2 heterocycles. The minimum absolute atomic E-state index is 0.895. The molecule has 0 spiro atoms. The molecule has 0 fully saturated rings. The fraction of sp³-hybridized carbons (Fsp3) is 0.438. The average Bonchev–Trinajstić information content (AvgIpc) is 3.00. The highest BCUT2D eigenvalue weighted by Gasteiger charge is 2.19. The van der Waals surface area contributed by atoms with Gasteiger partial charge in [0, 0.05) is 18.7 Å². The third-order valence-corrected chi connectivity index (χ3v) is 4.39. The average molecular weight is 253 g/mol. The quantitative estimate of drug-likeness (QED) is 0.846. The van der Waals surface area contributed by atoms with Crippen LogP contribution in [0.2, 0.25) is 0 Å². The molecule has 19 heavy (non-hydrogen) atoms. The second-order valence-corrected chi connectivity index (χ2v) is 5.63. The van der Waals surface area contributed by atoms with Gasteiger partial charge in [0.05, 0.1) is 17.9 Å². The van der Waals surface area contributed by atoms with Gasteiger partial charge in [0.25, 0.3) is 0 Å². The fourth-order valence-corrected chi connectivity index (χ4v) is 3.48. The molecule has 0 bridgehead atoms. The van der Waals surface area contributed by atoms with Crippen LogP contribution in [0.3, 0.4) is 0 Å². The summed E-state index contributed by atoms with van der Waals surface area (Å²) in [4.78, 5) is 4.72. The zero-order chi connectivity index (χ0) is 12.8. The predicted molar refractivity (Wildman–Crippen MR) is 76.1 cm³/mol. The third-order valence-electron chi connectivity index (χ3n) is 4.39. The molecule has 1 N–H and O–H groups in total. The topological polar surface area (TPSA) is 29.9 Å². The van der Waals surface area contributed by atoms with Crippen LogP contribution in [-0.2, 0) is 25.9 Å². The van der Waals surface area contributed by atoms with Crippen molar-refractivity contribution in [3.05, 3.63) is 40.8 Å². The number of hydrogen-bond donors (Lipinski definition) is 1. The van der Waals surface area contributed by atoms with Crippen molar-refractivity contribution < 1.29 is 0 Å². The maximum absolute atomic E-state index is 4.72. The Kier molecular flexibility index (Phi) is 2.49. The summed E-state index contributed by atoms with van der Waals surface area (Å²) >= 11 is 0. The summed E-state index contributed by atoms with van der Waals surface area (Å²) < 4.78 is 2.39. The Labute approximate surface area is 113 Å². The first kappa shape index (κ1) is 11.2. The van der Waals surface area contributed by atoms with E-state index in [4.69, 9.17) is 4.98 Å². The van der Waals surface area contributed by atoms with Gasteiger partial charge in [0.1, 0.15) is 5.82 Å². The molecule has 2 aromatic rings. The van der Waals surface area contributed by atoms with Crippen LogP contribution in [0, 0.1) is 6.92 Å². The Balaban J connectivity index is 1.86. The summed E-state index contributed by atoms with van der Waals surface area (Å²) in [6.07, 6.45) is 3.81. The molecule has 0 saturated carbocycles. The second kappa shape index (κ2) is 4.20. The van der Waals surface area contributed by atoms with Crippen molar-refractivity contribution in [2.24, 2.45) is 0 Å². The van der Waals surface area contributed by atoms with E-state index in [2.05, 4.69) is 35.0 Å². The lowest BCUT2D eigenvalue weighted by molar-refractivity contribution is 0.508. The highest BCUT2D eigenvalue weighted by atomic mass is 15.2. The molecule has 0 unspecified atom stereocenters. The highest BCUT2D eigenvalue weighted by Crippen LogP contribution is 2.31. The normalized spacial score (nSPS) is 17.3. The number of aryl methyl sites for hydroxylation is 3. The van der Waals surface area contributed by atoms with Crippen molar-refractivity contribution in [1.82, 2.24) is 14.9 Å². The second-order valence-electron chi connectivity index (χ2n) is 5.63. The van der Waals surface area contributed by atoms with Crippen LogP contribution >= 0.6 is 0 Å². The van der Waals surface area contributed by atoms with Crippen molar-refractivity contribution in [1.29, 1.82) is 0 Å². The van der Waals surface area contributed by atoms with Gasteiger partial charge in [-0.1, -0.05) is 12.1 Å². The van der Waals surface area contributed by atoms with E-state index in [9.17, 15) is 0 Å². The van der Waals surface area contributed by atoms with Crippen LogP contribution < -0.4 is 5.32 Å². The minimum atomic E-state index is 0.895. The Morgan fingerprint density at radius 3 is 3.05 bits per heavy atom. The Morgan fingerprint density at radius 1 is 1.21 bits per heavy atom. The van der Waals surface area contributed by atoms with Gasteiger partial charge in [-0.25, -0.2) is 4.98 Å². The molecule has 4 rings (SSSR count). The van der Waals surface area contributed by atoms with E-state index in [-0.39, 0.29) is 0 Å². The van der Waals surface area contributed by atoms with E-state index >= 15 is 0 Å². The lowest BCUT2D eigenvalue weighted by atomic mass is 10.0. The Hall–Kier alpha value is -1.61. The third kappa shape index (κ3) is 1.72. The molecule has 3 heteroatoms. The lowest BCUT2D eigenvalue weighted by Gasteiger charge is -2.18. The van der Waals surface area contributed by atoms with E-state index < -0.39 is 0 Å². The van der Waals surface area contributed by atoms with Crippen LogP contribution in [0.25, 0.3) is 11.3 Å². The number of aromatic nitrogens is 2. The minimum Gasteiger partial charge on any atom is -0.325 e. The van der Waals surface area contributed by atoms with Crippen molar-refractivity contribution in [3.63, 3.8) is 0 Å². The number of fused-ring (bicyclic) bond motifs is 2. The van der Waals surface area contributed by atoms with E-state index in [1.807, 2.05) is 0 Å². The van der Waals surface area contributed by atoms with Crippen molar-refractivity contribution in [3.8, 4) is 11.3 Å². The molecule has 0 atom stereocenters. The molecule has 1 aliphatic carbocycles. The Morgan fingerprint density at radius 2 is 2.11 bits per heavy atom. The molecular weight excluding hydrogens is 234 g/mol. The van der Waals surface area contributed by atoms with E-state index in [0.29, 0.717) is 0 Å². The van der Waals surface area contributed by atoms with E-state index in [1.54, 1.807) is 11.1 Å². The van der Waals surface area contributed by atoms with E-state index in [0.717, 1.165) is 25.3 Å². The Bertz CT molecular complexity index is 640. The van der Waals surface area contributed by atoms with Crippen molar-refractivity contribution >= 4 is 0 Å². The van der Waals surface area contributed by atoms with Crippen molar-refractivity contribution in [2.45, 2.75) is 39.3 Å². The maximum Gasteiger partial charge on any atom is 0.123 e. The molecule has 1 aliphatic heterocycles. The van der Waals surface area contributed by atoms with Crippen LogP contribution in [0.5, 0.6) is 0 Å². The molecule has 2 aliphatic rings. The largest absolute Gasteiger partial charge is 0.325 e. The molecule has 3 nitrogen and oxygen atoms in total. The van der Waals surface area contributed by atoms with Gasteiger partial charge < -0.3 is 9.88 Å². The summed E-state index contributed by atoms with van der Waals surface area (Å²) in [6, 6.07) is 6.99. The van der Waals surface area contributed by atoms with Gasteiger partial charge >= 0.3 is 0 Å². The van der Waals surface area contributed by atoms with Gasteiger partial charge in [0.2, 0.25) is 0 Å². The highest BCUT2D eigenvalue weighted by molar-refractivity contribution is 5.65. The number of benzene rings is 1. The summed E-state index contributed by atoms with van der Waals surface area (Å²) in [7, 11) is 0. The molecular formula is C16H19N3. The summed E-state index contributed by atoms with van der Waals surface area (Å²) in [5.41, 5.74) is 6.92. The molecule has 0 saturated heterocycles.